The van der Waals surface area contributed by atoms with Gasteiger partial charge in [-0.2, -0.15) is 0 Å². The first-order valence-electron chi connectivity index (χ1n) is 28.2. The Labute approximate surface area is 551 Å². The average Bonchev–Trinajstić information content (AvgIpc) is 1.80. The van der Waals surface area contributed by atoms with E-state index in [0.717, 1.165) is 136 Å². The van der Waals surface area contributed by atoms with Crippen molar-refractivity contribution in [1.29, 1.82) is 0 Å². The van der Waals surface area contributed by atoms with Crippen molar-refractivity contribution in [3.63, 3.8) is 0 Å². The minimum absolute atomic E-state index is 0. The maximum Gasteiger partial charge on any atom is 2.00 e. The van der Waals surface area contributed by atoms with Crippen LogP contribution < -0.4 is 37.3 Å². The van der Waals surface area contributed by atoms with Crippen molar-refractivity contribution in [2.75, 3.05) is 0 Å². The Kier molecular flexibility index (Phi) is 21.5. The van der Waals surface area contributed by atoms with E-state index >= 15 is 0 Å². The Morgan fingerprint density at radius 1 is 0.226 bits per heavy atom. The summed E-state index contributed by atoms with van der Waals surface area (Å²) in [4.78, 5) is 45.2. The van der Waals surface area contributed by atoms with Crippen molar-refractivity contribution in [1.82, 2.24) is 49.8 Å². The normalized spacial score (nSPS) is 10.9. The van der Waals surface area contributed by atoms with Gasteiger partial charge in [-0.15, -0.1) is 20.5 Å². The molecule has 14 aromatic rings. The zero-order valence-corrected chi connectivity index (χ0v) is 52.7. The summed E-state index contributed by atoms with van der Waals surface area (Å²) in [6.07, 6.45) is 7.15. The van der Waals surface area contributed by atoms with Crippen LogP contribution in [0.5, 0.6) is 0 Å². The maximum absolute atomic E-state index is 8.49. The number of imidazole rings is 2. The van der Waals surface area contributed by atoms with E-state index in [4.69, 9.17) is 57.2 Å². The molecule has 0 bridgehead atoms. The van der Waals surface area contributed by atoms with Gasteiger partial charge in [0.25, 0.3) is 0 Å². The van der Waals surface area contributed by atoms with E-state index in [1.807, 2.05) is 146 Å². The monoisotopic (exact) mass is 1440 g/mol. The molecule has 0 aliphatic heterocycles. The quantitative estimate of drug-likeness (QED) is 0.118. The molecule has 0 amide bonds. The smallest absolute Gasteiger partial charge is 0.337 e. The van der Waals surface area contributed by atoms with E-state index in [1.165, 1.54) is 0 Å². The standard InChI is InChI=1S/2C36H25N5.2ClHO4.Os/c2*1-3-11-26(12-4-1)34-35(27-13-5-2-6-14-27)41-36(40-34)28-19-17-25(18-20-28)29-23-32(30-15-7-9-21-37-30)39-33(24-29)31-16-8-10-22-38-31;2*2-1(3,4)5;/h2*1-24H,(H,40,41);2*(H,2,3,4,5);/q;;;;+2/p-2. The van der Waals surface area contributed by atoms with E-state index in [9.17, 15) is 0 Å². The van der Waals surface area contributed by atoms with E-state index in [2.05, 4.69) is 151 Å². The summed E-state index contributed by atoms with van der Waals surface area (Å²) < 4.78 is 67.9. The van der Waals surface area contributed by atoms with Crippen LogP contribution in [0, 0.1) is 20.5 Å². The summed E-state index contributed by atoms with van der Waals surface area (Å²) in [5.41, 5.74) is 21.0. The van der Waals surface area contributed by atoms with Crippen molar-refractivity contribution >= 4 is 0 Å². The maximum atomic E-state index is 8.49. The number of pyridine rings is 6. The van der Waals surface area contributed by atoms with Gasteiger partial charge >= 0.3 is 19.8 Å². The molecular weight excluding hydrogens is 1390 g/mol. The zero-order valence-electron chi connectivity index (χ0n) is 48.7. The van der Waals surface area contributed by atoms with Crippen LogP contribution in [-0.4, -0.2) is 49.8 Å². The molecule has 8 aromatic heterocycles. The third-order valence-electron chi connectivity index (χ3n) is 14.0. The zero-order chi connectivity index (χ0) is 63.9. The molecule has 0 radical (unpaired) electrons. The predicted octanol–water partition coefficient (Wildman–Crippen LogP) is 7.68. The molecule has 0 fully saturated rings. The minimum atomic E-state index is -4.94. The number of benzene rings is 6. The van der Waals surface area contributed by atoms with Crippen molar-refractivity contribution in [3.05, 3.63) is 292 Å². The van der Waals surface area contributed by atoms with Crippen molar-refractivity contribution < 1.29 is 77.5 Å². The van der Waals surface area contributed by atoms with Crippen LogP contribution in [0.15, 0.2) is 292 Å². The largest absolute Gasteiger partial charge is 2.00 e. The Morgan fingerprint density at radius 2 is 0.462 bits per heavy atom. The van der Waals surface area contributed by atoms with Gasteiger partial charge < -0.3 is 9.97 Å². The van der Waals surface area contributed by atoms with Crippen LogP contribution in [0.3, 0.4) is 0 Å². The summed E-state index contributed by atoms with van der Waals surface area (Å²) in [5, 5.41) is 0. The second kappa shape index (κ2) is 30.6. The number of halogens is 2. The third-order valence-corrected chi connectivity index (χ3v) is 14.0. The van der Waals surface area contributed by atoms with E-state index < -0.39 is 20.5 Å². The molecule has 458 valence electrons. The summed E-state index contributed by atoms with van der Waals surface area (Å²) in [6, 6.07) is 90.0. The van der Waals surface area contributed by atoms with E-state index in [0.29, 0.717) is 0 Å². The van der Waals surface area contributed by atoms with Gasteiger partial charge in [-0.1, -0.05) is 194 Å². The minimum Gasteiger partial charge on any atom is -0.337 e. The molecule has 0 spiro atoms. The molecule has 0 aliphatic rings. The second-order valence-electron chi connectivity index (χ2n) is 20.1. The number of nitrogens with zero attached hydrogens (tertiary/aromatic N) is 8. The Hall–Kier alpha value is -10.5. The molecule has 93 heavy (non-hydrogen) atoms. The van der Waals surface area contributed by atoms with Crippen LogP contribution in [0.1, 0.15) is 0 Å². The number of H-pyrrole nitrogens is 2. The van der Waals surface area contributed by atoms with Crippen LogP contribution >= 0.6 is 0 Å². The van der Waals surface area contributed by atoms with Crippen molar-refractivity contribution in [3.8, 4) is 136 Å². The number of aromatic amines is 2. The Morgan fingerprint density at radius 3 is 0.710 bits per heavy atom. The van der Waals surface area contributed by atoms with Crippen LogP contribution in [0.25, 0.3) is 136 Å². The fourth-order valence-corrected chi connectivity index (χ4v) is 9.87. The first-order chi connectivity index (χ1) is 44.6. The topological polar surface area (TPSA) is 319 Å². The predicted molar refractivity (Wildman–Crippen MR) is 329 cm³/mol. The molecule has 14 rings (SSSR count). The van der Waals surface area contributed by atoms with Gasteiger partial charge in [-0.3, -0.25) is 19.9 Å². The first-order valence-corrected chi connectivity index (χ1v) is 30.7. The molecule has 2 N–H and O–H groups in total. The molecule has 0 saturated carbocycles. The molecule has 8 heterocycles. The van der Waals surface area contributed by atoms with Crippen LogP contribution in [-0.2, 0) is 19.8 Å². The van der Waals surface area contributed by atoms with E-state index in [1.54, 1.807) is 24.8 Å². The molecule has 6 aromatic carbocycles. The number of nitrogens with one attached hydrogen (secondary N) is 2. The molecular formula is C72H50Cl2N10O8Os. The first kappa shape index (κ1) is 65.5. The van der Waals surface area contributed by atoms with Crippen molar-refractivity contribution in [2.45, 2.75) is 0 Å². The van der Waals surface area contributed by atoms with Gasteiger partial charge in [0.1, 0.15) is 11.6 Å². The SMILES string of the molecule is [O-][Cl+3]([O-])([O-])[O-].[O-][Cl+3]([O-])([O-])[O-].[Os+2].c1ccc(-c2nc(-c3ccc(-c4cc(-c5ccccn5)nc(-c5ccccn5)c4)cc3)[nH]c2-c2ccccc2)cc1.c1ccc(-c2nc(-c3ccc(-c4cc(-c5ccccn5)nc(-c5ccccn5)c4)cc3)[nH]c2-c2ccccc2)cc1. The molecule has 21 heteroatoms. The molecule has 0 unspecified atom stereocenters. The fraction of sp³-hybridized carbons (Fsp3) is 0. The van der Waals surface area contributed by atoms with Crippen molar-refractivity contribution in [2.24, 2.45) is 0 Å². The summed E-state index contributed by atoms with van der Waals surface area (Å²) in [7, 11) is -9.89. The van der Waals surface area contributed by atoms with Gasteiger partial charge in [0.2, 0.25) is 0 Å². The number of hydrogen-bond acceptors (Lipinski definition) is 16. The summed E-state index contributed by atoms with van der Waals surface area (Å²) in [6.45, 7) is 0. The fourth-order valence-electron chi connectivity index (χ4n) is 9.87. The number of aromatic nitrogens is 10. The van der Waals surface area contributed by atoms with Gasteiger partial charge in [-0.05, 0) is 95.1 Å². The molecule has 0 saturated heterocycles. The average molecular weight is 1440 g/mol. The Balaban J connectivity index is 0.000000176. The molecule has 18 nitrogen and oxygen atoms in total. The third kappa shape index (κ3) is 17.9. The van der Waals surface area contributed by atoms with Gasteiger partial charge in [-0.25, -0.2) is 57.2 Å². The Bertz CT molecular complexity index is 4100. The summed E-state index contributed by atoms with van der Waals surface area (Å²) in [5.74, 6) is 1.65. The van der Waals surface area contributed by atoms with E-state index in [-0.39, 0.29) is 19.8 Å². The number of hydrogen-bond donors (Lipinski definition) is 2. The molecule has 0 aliphatic carbocycles. The van der Waals surface area contributed by atoms with Gasteiger partial charge in [0.05, 0.1) is 68.3 Å². The van der Waals surface area contributed by atoms with Crippen LogP contribution in [0.2, 0.25) is 0 Å². The number of rotatable bonds is 12. The van der Waals surface area contributed by atoms with Gasteiger partial charge in [0, 0.05) is 58.2 Å². The summed E-state index contributed by atoms with van der Waals surface area (Å²) >= 11 is 0. The van der Waals surface area contributed by atoms with Gasteiger partial charge in [0.15, 0.2) is 0 Å². The second-order valence-corrected chi connectivity index (χ2v) is 21.6. The van der Waals surface area contributed by atoms with Crippen LogP contribution in [0.4, 0.5) is 0 Å². The molecule has 0 atom stereocenters.